The van der Waals surface area contributed by atoms with Crippen LogP contribution in [0.2, 0.25) is 0 Å². The first-order valence-electron chi connectivity index (χ1n) is 9.42. The van der Waals surface area contributed by atoms with Crippen molar-refractivity contribution in [3.8, 4) is 0 Å². The van der Waals surface area contributed by atoms with Crippen molar-refractivity contribution < 1.29 is 9.90 Å². The Morgan fingerprint density at radius 2 is 1.37 bits per heavy atom. The van der Waals surface area contributed by atoms with Crippen LogP contribution in [-0.4, -0.2) is 11.0 Å². The lowest BCUT2D eigenvalue weighted by Crippen LogP contribution is -2.55. The zero-order valence-corrected chi connectivity index (χ0v) is 15.1. The van der Waals surface area contributed by atoms with Gasteiger partial charge in [-0.05, 0) is 36.1 Å². The topological polar surface area (TPSA) is 40.5 Å². The number of amides is 1. The molecule has 1 amide bonds. The van der Waals surface area contributed by atoms with Gasteiger partial charge in [0.25, 0.3) is 0 Å². The van der Waals surface area contributed by atoms with Gasteiger partial charge in [-0.2, -0.15) is 0 Å². The molecule has 136 valence electrons. The fourth-order valence-corrected chi connectivity index (χ4v) is 3.92. The molecule has 0 saturated carbocycles. The second-order valence-electron chi connectivity index (χ2n) is 7.01. The number of β-lactam (4-membered cyclic amide) rings is 1. The minimum absolute atomic E-state index is 0.0177. The maximum atomic E-state index is 12.9. The summed E-state index contributed by atoms with van der Waals surface area (Å²) in [4.78, 5) is 14.8. The van der Waals surface area contributed by atoms with E-state index in [1.54, 1.807) is 0 Å². The van der Waals surface area contributed by atoms with Gasteiger partial charge in [0.05, 0.1) is 18.1 Å². The maximum absolute atomic E-state index is 12.9. The van der Waals surface area contributed by atoms with Gasteiger partial charge in [0.2, 0.25) is 5.91 Å². The Balaban J connectivity index is 1.54. The minimum Gasteiger partial charge on any atom is -0.388 e. The number of benzene rings is 3. The number of rotatable bonds is 6. The molecule has 1 fully saturated rings. The standard InChI is InChI=1S/C24H23NO2/c26-22(18-10-4-1-5-11-18)17-16-21-23(19-12-6-2-7-13-19)25(24(21)27)20-14-8-3-9-15-20/h1-15,21-23,26H,16-17H2/t21?,22-,23+/m0/s1. The predicted molar refractivity (Wildman–Crippen MR) is 107 cm³/mol. The fraction of sp³-hybridized carbons (Fsp3) is 0.208. The summed E-state index contributed by atoms with van der Waals surface area (Å²) in [6.07, 6.45) is 0.700. The lowest BCUT2D eigenvalue weighted by Gasteiger charge is -2.48. The summed E-state index contributed by atoms with van der Waals surface area (Å²) in [5.41, 5.74) is 2.97. The molecule has 1 aliphatic heterocycles. The van der Waals surface area contributed by atoms with E-state index in [9.17, 15) is 9.90 Å². The monoisotopic (exact) mass is 357 g/mol. The third kappa shape index (κ3) is 3.51. The molecular formula is C24H23NO2. The molecule has 1 aliphatic rings. The summed E-state index contributed by atoms with van der Waals surface area (Å²) in [5, 5.41) is 10.5. The normalized spacial score (nSPS) is 20.2. The number of carbonyl (C=O) groups is 1. The van der Waals surface area contributed by atoms with Gasteiger partial charge in [-0.1, -0.05) is 78.9 Å². The van der Waals surface area contributed by atoms with E-state index in [-0.39, 0.29) is 17.9 Å². The molecule has 0 aromatic heterocycles. The van der Waals surface area contributed by atoms with Crippen molar-refractivity contribution in [2.75, 3.05) is 4.90 Å². The molecule has 0 bridgehead atoms. The fourth-order valence-electron chi connectivity index (χ4n) is 3.92. The summed E-state index contributed by atoms with van der Waals surface area (Å²) >= 11 is 0. The van der Waals surface area contributed by atoms with Gasteiger partial charge in [0.1, 0.15) is 0 Å². The molecule has 1 heterocycles. The van der Waals surface area contributed by atoms with Crippen LogP contribution in [0.25, 0.3) is 0 Å². The van der Waals surface area contributed by atoms with Crippen molar-refractivity contribution >= 4 is 11.6 Å². The molecule has 0 spiro atoms. The first-order chi connectivity index (χ1) is 13.3. The molecule has 3 aromatic rings. The van der Waals surface area contributed by atoms with Gasteiger partial charge in [-0.25, -0.2) is 0 Å². The maximum Gasteiger partial charge on any atom is 0.233 e. The number of nitrogens with zero attached hydrogens (tertiary/aromatic N) is 1. The van der Waals surface area contributed by atoms with E-state index < -0.39 is 6.10 Å². The highest BCUT2D eigenvalue weighted by Crippen LogP contribution is 2.46. The van der Waals surface area contributed by atoms with Crippen molar-refractivity contribution in [3.05, 3.63) is 102 Å². The average Bonchev–Trinajstić information content (AvgIpc) is 2.73. The average molecular weight is 357 g/mol. The quantitative estimate of drug-likeness (QED) is 0.637. The zero-order chi connectivity index (χ0) is 18.6. The van der Waals surface area contributed by atoms with Crippen LogP contribution in [0, 0.1) is 5.92 Å². The lowest BCUT2D eigenvalue weighted by atomic mass is 9.78. The van der Waals surface area contributed by atoms with E-state index in [0.717, 1.165) is 16.8 Å². The number of hydrogen-bond acceptors (Lipinski definition) is 2. The summed E-state index contributed by atoms with van der Waals surface area (Å²) in [6, 6.07) is 29.7. The summed E-state index contributed by atoms with van der Waals surface area (Å²) in [5.74, 6) is 0.0290. The van der Waals surface area contributed by atoms with E-state index in [0.29, 0.717) is 12.8 Å². The summed E-state index contributed by atoms with van der Waals surface area (Å²) < 4.78 is 0. The van der Waals surface area contributed by atoms with E-state index >= 15 is 0 Å². The molecule has 27 heavy (non-hydrogen) atoms. The molecule has 1 saturated heterocycles. The van der Waals surface area contributed by atoms with Crippen LogP contribution >= 0.6 is 0 Å². The lowest BCUT2D eigenvalue weighted by molar-refractivity contribution is -0.131. The predicted octanol–water partition coefficient (Wildman–Crippen LogP) is 4.90. The SMILES string of the molecule is O=C1C(CC[C@H](O)c2ccccc2)[C@@H](c2ccccc2)N1c1ccccc1. The van der Waals surface area contributed by atoms with Gasteiger partial charge in [-0.15, -0.1) is 0 Å². The number of aliphatic hydroxyl groups is 1. The van der Waals surface area contributed by atoms with Gasteiger partial charge in [0.15, 0.2) is 0 Å². The van der Waals surface area contributed by atoms with Gasteiger partial charge >= 0.3 is 0 Å². The molecule has 1 N–H and O–H groups in total. The summed E-state index contributed by atoms with van der Waals surface area (Å²) in [7, 11) is 0. The van der Waals surface area contributed by atoms with Gasteiger partial charge in [0, 0.05) is 5.69 Å². The first-order valence-corrected chi connectivity index (χ1v) is 9.42. The zero-order valence-electron chi connectivity index (χ0n) is 15.1. The Bertz CT molecular complexity index is 880. The van der Waals surface area contributed by atoms with E-state index in [4.69, 9.17) is 0 Å². The Hall–Kier alpha value is -2.91. The number of anilines is 1. The smallest absolute Gasteiger partial charge is 0.233 e. The number of hydrogen-bond donors (Lipinski definition) is 1. The highest BCUT2D eigenvalue weighted by atomic mass is 16.3. The Morgan fingerprint density at radius 1 is 0.815 bits per heavy atom. The van der Waals surface area contributed by atoms with Crippen LogP contribution in [0.3, 0.4) is 0 Å². The third-order valence-electron chi connectivity index (χ3n) is 5.32. The van der Waals surface area contributed by atoms with Crippen LogP contribution in [0.1, 0.15) is 36.1 Å². The largest absolute Gasteiger partial charge is 0.388 e. The van der Waals surface area contributed by atoms with Crippen molar-refractivity contribution in [1.29, 1.82) is 0 Å². The third-order valence-corrected chi connectivity index (χ3v) is 5.32. The molecule has 3 atom stereocenters. The van der Waals surface area contributed by atoms with Crippen LogP contribution in [-0.2, 0) is 4.79 Å². The molecule has 0 radical (unpaired) electrons. The molecule has 3 aromatic carbocycles. The highest BCUT2D eigenvalue weighted by Gasteiger charge is 2.48. The number of para-hydroxylation sites is 1. The Morgan fingerprint density at radius 3 is 2.00 bits per heavy atom. The first kappa shape index (κ1) is 17.5. The van der Waals surface area contributed by atoms with Crippen LogP contribution < -0.4 is 4.90 Å². The molecule has 0 aliphatic carbocycles. The minimum atomic E-state index is -0.541. The summed E-state index contributed by atoms with van der Waals surface area (Å²) in [6.45, 7) is 0. The van der Waals surface area contributed by atoms with E-state index in [2.05, 4.69) is 12.1 Å². The van der Waals surface area contributed by atoms with Crippen molar-refractivity contribution in [3.63, 3.8) is 0 Å². The van der Waals surface area contributed by atoms with Crippen molar-refractivity contribution in [1.82, 2.24) is 0 Å². The molecule has 4 rings (SSSR count). The van der Waals surface area contributed by atoms with E-state index in [1.165, 1.54) is 0 Å². The number of carbonyl (C=O) groups excluding carboxylic acids is 1. The van der Waals surface area contributed by atoms with Crippen LogP contribution in [0.4, 0.5) is 5.69 Å². The molecular weight excluding hydrogens is 334 g/mol. The molecule has 1 unspecified atom stereocenters. The van der Waals surface area contributed by atoms with Crippen molar-refractivity contribution in [2.24, 2.45) is 5.92 Å². The van der Waals surface area contributed by atoms with Gasteiger partial charge in [-0.3, -0.25) is 4.79 Å². The van der Waals surface area contributed by atoms with Crippen LogP contribution in [0.15, 0.2) is 91.0 Å². The number of aliphatic hydroxyl groups excluding tert-OH is 1. The second kappa shape index (κ2) is 7.77. The Kier molecular flexibility index (Phi) is 5.03. The van der Waals surface area contributed by atoms with Gasteiger partial charge < -0.3 is 10.0 Å². The van der Waals surface area contributed by atoms with E-state index in [1.807, 2.05) is 83.8 Å². The Labute approximate surface area is 159 Å². The van der Waals surface area contributed by atoms with Crippen molar-refractivity contribution in [2.45, 2.75) is 25.0 Å². The second-order valence-corrected chi connectivity index (χ2v) is 7.01. The van der Waals surface area contributed by atoms with Crippen LogP contribution in [0.5, 0.6) is 0 Å². The highest BCUT2D eigenvalue weighted by molar-refractivity contribution is 6.03. The molecule has 3 heteroatoms. The molecule has 3 nitrogen and oxygen atoms in total.